The normalized spacial score (nSPS) is 18.0. The van der Waals surface area contributed by atoms with Crippen LogP contribution in [0.25, 0.3) is 0 Å². The minimum absolute atomic E-state index is 1.07. The average molecular weight is 313 g/mol. The summed E-state index contributed by atoms with van der Waals surface area (Å²) in [6.07, 6.45) is 18.5. The topological polar surface area (TPSA) is 9.23 Å². The Morgan fingerprint density at radius 3 is 1.71 bits per heavy atom. The van der Waals surface area contributed by atoms with Crippen molar-refractivity contribution in [2.75, 3.05) is 6.61 Å². The lowest BCUT2D eigenvalue weighted by Gasteiger charge is -2.34. The molecule has 0 bridgehead atoms. The van der Waals surface area contributed by atoms with Crippen LogP contribution < -0.4 is 0 Å². The van der Waals surface area contributed by atoms with Gasteiger partial charge < -0.3 is 4.43 Å². The maximum atomic E-state index is 6.43. The molecule has 0 spiro atoms. The van der Waals surface area contributed by atoms with Crippen LogP contribution in [0.4, 0.5) is 0 Å². The molecule has 0 amide bonds. The second-order valence-electron chi connectivity index (χ2n) is 7.13. The molecule has 126 valence electrons. The summed E-state index contributed by atoms with van der Waals surface area (Å²) in [5.41, 5.74) is 0. The standard InChI is InChI=1S/C19H40OSi/c1-3-5-6-7-8-9-10-11-12-14-17-20-21(4-2)18-15-13-16-19-21/h3-19H2,1-2H3. The highest BCUT2D eigenvalue weighted by atomic mass is 28.4. The molecule has 2 heteroatoms. The van der Waals surface area contributed by atoms with E-state index in [0.717, 1.165) is 6.61 Å². The highest BCUT2D eigenvalue weighted by Gasteiger charge is 2.34. The van der Waals surface area contributed by atoms with Crippen molar-refractivity contribution in [1.82, 2.24) is 0 Å². The first-order valence-electron chi connectivity index (χ1n) is 9.97. The Bertz CT molecular complexity index is 224. The molecule has 1 aliphatic rings. The largest absolute Gasteiger partial charge is 0.417 e. The van der Waals surface area contributed by atoms with Gasteiger partial charge in [0.05, 0.1) is 0 Å². The smallest absolute Gasteiger partial charge is 0.192 e. The van der Waals surface area contributed by atoms with Crippen LogP contribution >= 0.6 is 0 Å². The van der Waals surface area contributed by atoms with Gasteiger partial charge in [0.2, 0.25) is 0 Å². The van der Waals surface area contributed by atoms with Crippen molar-refractivity contribution < 1.29 is 4.43 Å². The zero-order valence-corrected chi connectivity index (χ0v) is 15.9. The molecule has 0 aromatic heterocycles. The van der Waals surface area contributed by atoms with Crippen LogP contribution in [0.1, 0.15) is 97.3 Å². The molecule has 1 saturated heterocycles. The lowest BCUT2D eigenvalue weighted by Crippen LogP contribution is -2.39. The quantitative estimate of drug-likeness (QED) is 0.261. The highest BCUT2D eigenvalue weighted by Crippen LogP contribution is 2.32. The van der Waals surface area contributed by atoms with E-state index >= 15 is 0 Å². The lowest BCUT2D eigenvalue weighted by atomic mass is 10.1. The number of hydrogen-bond donors (Lipinski definition) is 0. The molecule has 0 atom stereocenters. The maximum Gasteiger partial charge on any atom is 0.192 e. The van der Waals surface area contributed by atoms with Gasteiger partial charge in [-0.2, -0.15) is 0 Å². The van der Waals surface area contributed by atoms with E-state index in [9.17, 15) is 0 Å². The van der Waals surface area contributed by atoms with Gasteiger partial charge in [-0.3, -0.25) is 0 Å². The van der Waals surface area contributed by atoms with Crippen LogP contribution in [0.3, 0.4) is 0 Å². The molecule has 21 heavy (non-hydrogen) atoms. The summed E-state index contributed by atoms with van der Waals surface area (Å²) in [5.74, 6) is 0. The van der Waals surface area contributed by atoms with Gasteiger partial charge in [0.25, 0.3) is 0 Å². The average Bonchev–Trinajstić information content (AvgIpc) is 2.53. The van der Waals surface area contributed by atoms with Gasteiger partial charge in [0, 0.05) is 6.61 Å². The third kappa shape index (κ3) is 9.03. The maximum absolute atomic E-state index is 6.43. The van der Waals surface area contributed by atoms with Gasteiger partial charge >= 0.3 is 0 Å². The van der Waals surface area contributed by atoms with E-state index in [-0.39, 0.29) is 0 Å². The second kappa shape index (κ2) is 12.7. The van der Waals surface area contributed by atoms with Crippen molar-refractivity contribution in [3.8, 4) is 0 Å². The SMILES string of the molecule is CCCCCCCCCCCCO[Si]1(CC)CCCCC1. The first kappa shape index (κ1) is 19.2. The van der Waals surface area contributed by atoms with Gasteiger partial charge in [-0.15, -0.1) is 0 Å². The van der Waals surface area contributed by atoms with E-state index in [0.29, 0.717) is 0 Å². The molecule has 0 aromatic rings. The minimum atomic E-state index is -1.25. The molecule has 0 aliphatic carbocycles. The van der Waals surface area contributed by atoms with Crippen LogP contribution in [-0.2, 0) is 4.43 Å². The minimum Gasteiger partial charge on any atom is -0.417 e. The Balaban J connectivity index is 1.87. The summed E-state index contributed by atoms with van der Waals surface area (Å²) in [4.78, 5) is 0. The Morgan fingerprint density at radius 1 is 0.667 bits per heavy atom. The Hall–Kier alpha value is 0.177. The van der Waals surface area contributed by atoms with E-state index in [1.807, 2.05) is 0 Å². The fraction of sp³-hybridized carbons (Fsp3) is 1.00. The summed E-state index contributed by atoms with van der Waals surface area (Å²) < 4.78 is 6.43. The van der Waals surface area contributed by atoms with Gasteiger partial charge in [0.1, 0.15) is 0 Å². The van der Waals surface area contributed by atoms with E-state index in [1.54, 1.807) is 0 Å². The van der Waals surface area contributed by atoms with Crippen LogP contribution in [0, 0.1) is 0 Å². The second-order valence-corrected chi connectivity index (χ2v) is 11.5. The Labute approximate surface area is 135 Å². The van der Waals surface area contributed by atoms with Crippen LogP contribution in [-0.4, -0.2) is 14.9 Å². The molecule has 0 aromatic carbocycles. The third-order valence-electron chi connectivity index (χ3n) is 5.32. The summed E-state index contributed by atoms with van der Waals surface area (Å²) in [7, 11) is -1.25. The zero-order chi connectivity index (χ0) is 15.2. The van der Waals surface area contributed by atoms with E-state index in [1.165, 1.54) is 102 Å². The summed E-state index contributed by atoms with van der Waals surface area (Å²) >= 11 is 0. The van der Waals surface area contributed by atoms with Crippen LogP contribution in [0.2, 0.25) is 18.1 Å². The highest BCUT2D eigenvalue weighted by molar-refractivity contribution is 6.73. The molecule has 1 fully saturated rings. The van der Waals surface area contributed by atoms with Crippen molar-refractivity contribution in [2.24, 2.45) is 0 Å². The molecule has 1 rings (SSSR count). The Kier molecular flexibility index (Phi) is 11.6. The molecule has 0 radical (unpaired) electrons. The van der Waals surface area contributed by atoms with Crippen molar-refractivity contribution in [3.63, 3.8) is 0 Å². The van der Waals surface area contributed by atoms with Crippen LogP contribution in [0.15, 0.2) is 0 Å². The fourth-order valence-corrected chi connectivity index (χ4v) is 7.49. The first-order valence-corrected chi connectivity index (χ1v) is 12.5. The molecule has 1 aliphatic heterocycles. The molecular weight excluding hydrogens is 272 g/mol. The lowest BCUT2D eigenvalue weighted by molar-refractivity contribution is 0.279. The van der Waals surface area contributed by atoms with Gasteiger partial charge in [-0.05, 0) is 24.6 Å². The van der Waals surface area contributed by atoms with Gasteiger partial charge in [0.15, 0.2) is 8.32 Å². The van der Waals surface area contributed by atoms with Crippen molar-refractivity contribution in [2.45, 2.75) is 115 Å². The molecular formula is C19H40OSi. The zero-order valence-electron chi connectivity index (χ0n) is 14.9. The van der Waals surface area contributed by atoms with Gasteiger partial charge in [-0.25, -0.2) is 0 Å². The number of hydrogen-bond acceptors (Lipinski definition) is 1. The van der Waals surface area contributed by atoms with Crippen molar-refractivity contribution in [3.05, 3.63) is 0 Å². The summed E-state index contributed by atoms with van der Waals surface area (Å²) in [6, 6.07) is 4.24. The Morgan fingerprint density at radius 2 is 1.19 bits per heavy atom. The molecule has 1 heterocycles. The predicted octanol–water partition coefficient (Wildman–Crippen LogP) is 7.07. The van der Waals surface area contributed by atoms with Crippen molar-refractivity contribution >= 4 is 8.32 Å². The van der Waals surface area contributed by atoms with Crippen LogP contribution in [0.5, 0.6) is 0 Å². The van der Waals surface area contributed by atoms with Crippen molar-refractivity contribution in [1.29, 1.82) is 0 Å². The first-order chi connectivity index (χ1) is 10.3. The van der Waals surface area contributed by atoms with E-state index in [2.05, 4.69) is 13.8 Å². The third-order valence-corrected chi connectivity index (χ3v) is 9.95. The number of rotatable bonds is 13. The monoisotopic (exact) mass is 312 g/mol. The van der Waals surface area contributed by atoms with Gasteiger partial charge in [-0.1, -0.05) is 90.9 Å². The fourth-order valence-electron chi connectivity index (χ4n) is 3.67. The molecule has 1 nitrogen and oxygen atoms in total. The number of unbranched alkanes of at least 4 members (excludes halogenated alkanes) is 9. The predicted molar refractivity (Wildman–Crippen MR) is 97.5 cm³/mol. The van der Waals surface area contributed by atoms with E-state index in [4.69, 9.17) is 4.43 Å². The summed E-state index contributed by atoms with van der Waals surface area (Å²) in [6.45, 7) is 5.73. The molecule has 0 N–H and O–H groups in total. The molecule has 0 saturated carbocycles. The summed E-state index contributed by atoms with van der Waals surface area (Å²) in [5, 5.41) is 0. The molecule has 0 unspecified atom stereocenters. The van der Waals surface area contributed by atoms with E-state index < -0.39 is 8.32 Å².